The van der Waals surface area contributed by atoms with E-state index in [4.69, 9.17) is 4.74 Å². The largest absolute Gasteiger partial charge is 0.373 e. The predicted octanol–water partition coefficient (Wildman–Crippen LogP) is 3.03. The van der Waals surface area contributed by atoms with E-state index in [0.717, 1.165) is 24.6 Å². The number of methoxy groups -OCH3 is 1. The molecule has 0 amide bonds. The van der Waals surface area contributed by atoms with Gasteiger partial charge in [0.1, 0.15) is 11.9 Å². The van der Waals surface area contributed by atoms with E-state index in [9.17, 15) is 0 Å². The summed E-state index contributed by atoms with van der Waals surface area (Å²) in [6.07, 6.45) is 2.76. The van der Waals surface area contributed by atoms with Crippen molar-refractivity contribution >= 4 is 5.82 Å². The highest BCUT2D eigenvalue weighted by atomic mass is 16.5. The van der Waals surface area contributed by atoms with Crippen molar-refractivity contribution in [3.8, 4) is 0 Å². The van der Waals surface area contributed by atoms with Crippen molar-refractivity contribution in [2.45, 2.75) is 40.2 Å². The third kappa shape index (κ3) is 3.97. The first kappa shape index (κ1) is 13.9. The van der Waals surface area contributed by atoms with E-state index < -0.39 is 0 Å². The normalized spacial score (nSPS) is 13.5. The van der Waals surface area contributed by atoms with Crippen LogP contribution >= 0.6 is 0 Å². The van der Waals surface area contributed by atoms with Crippen molar-refractivity contribution in [3.63, 3.8) is 0 Å². The van der Waals surface area contributed by atoms with Crippen molar-refractivity contribution in [3.05, 3.63) is 18.1 Å². The molecular weight excluding hydrogens is 214 g/mol. The molecule has 0 aliphatic rings. The Balaban J connectivity index is 2.89. The first-order valence-corrected chi connectivity index (χ1v) is 6.08. The Labute approximate surface area is 104 Å². The highest BCUT2D eigenvalue weighted by Crippen LogP contribution is 2.33. The van der Waals surface area contributed by atoms with Gasteiger partial charge in [-0.15, -0.1) is 0 Å². The Kier molecular flexibility index (Phi) is 4.87. The summed E-state index contributed by atoms with van der Waals surface area (Å²) in [5, 5.41) is 3.26. The van der Waals surface area contributed by atoms with Gasteiger partial charge in [0.25, 0.3) is 0 Å². The molecule has 1 heterocycles. The molecule has 4 heteroatoms. The van der Waals surface area contributed by atoms with E-state index in [1.165, 1.54) is 0 Å². The smallest absolute Gasteiger partial charge is 0.159 e. The van der Waals surface area contributed by atoms with Gasteiger partial charge in [0.05, 0.1) is 0 Å². The quantitative estimate of drug-likeness (QED) is 0.855. The average Bonchev–Trinajstić information content (AvgIpc) is 2.26. The van der Waals surface area contributed by atoms with Crippen molar-refractivity contribution in [2.24, 2.45) is 5.41 Å². The van der Waals surface area contributed by atoms with Crippen LogP contribution in [-0.4, -0.2) is 23.6 Å². The fourth-order valence-corrected chi connectivity index (χ4v) is 1.70. The lowest BCUT2D eigenvalue weighted by Gasteiger charge is -2.28. The molecule has 0 saturated heterocycles. The van der Waals surface area contributed by atoms with Crippen LogP contribution in [0.2, 0.25) is 0 Å². The van der Waals surface area contributed by atoms with Crippen molar-refractivity contribution in [2.75, 3.05) is 19.0 Å². The third-order valence-electron chi connectivity index (χ3n) is 2.49. The summed E-state index contributed by atoms with van der Waals surface area (Å²) in [5.74, 6) is 1.60. The van der Waals surface area contributed by atoms with Gasteiger partial charge in [-0.05, 0) is 17.9 Å². The van der Waals surface area contributed by atoms with E-state index in [0.29, 0.717) is 0 Å². The second-order valence-electron chi connectivity index (χ2n) is 5.21. The Morgan fingerprint density at radius 1 is 1.41 bits per heavy atom. The number of rotatable bonds is 5. The van der Waals surface area contributed by atoms with Crippen molar-refractivity contribution < 1.29 is 4.74 Å². The zero-order valence-corrected chi connectivity index (χ0v) is 11.4. The molecular formula is C13H23N3O. The molecule has 0 aliphatic carbocycles. The summed E-state index contributed by atoms with van der Waals surface area (Å²) in [5.41, 5.74) is -0.0157. The second-order valence-corrected chi connectivity index (χ2v) is 5.21. The minimum Gasteiger partial charge on any atom is -0.373 e. The van der Waals surface area contributed by atoms with Crippen LogP contribution in [0.4, 0.5) is 5.82 Å². The standard InChI is InChI=1S/C13H23N3O/c1-6-8-14-10-7-9-15-12(16-10)11(17-5)13(2,3)4/h7,9,11H,6,8H2,1-5H3,(H,14,15,16). The minimum atomic E-state index is -0.0918. The van der Waals surface area contributed by atoms with Gasteiger partial charge in [-0.3, -0.25) is 0 Å². The second kappa shape index (κ2) is 5.96. The minimum absolute atomic E-state index is 0.0157. The monoisotopic (exact) mass is 237 g/mol. The predicted molar refractivity (Wildman–Crippen MR) is 70.0 cm³/mol. The van der Waals surface area contributed by atoms with Gasteiger partial charge >= 0.3 is 0 Å². The summed E-state index contributed by atoms with van der Waals surface area (Å²) in [4.78, 5) is 8.81. The van der Waals surface area contributed by atoms with Crippen LogP contribution in [0, 0.1) is 5.41 Å². The van der Waals surface area contributed by atoms with E-state index in [2.05, 4.69) is 43.0 Å². The van der Waals surface area contributed by atoms with Crippen LogP contribution in [0.5, 0.6) is 0 Å². The molecule has 17 heavy (non-hydrogen) atoms. The molecule has 1 atom stereocenters. The summed E-state index contributed by atoms with van der Waals surface area (Å²) >= 11 is 0. The highest BCUT2D eigenvalue weighted by molar-refractivity contribution is 5.33. The topological polar surface area (TPSA) is 47.0 Å². The van der Waals surface area contributed by atoms with Gasteiger partial charge in [0, 0.05) is 19.9 Å². The van der Waals surface area contributed by atoms with E-state index >= 15 is 0 Å². The molecule has 4 nitrogen and oxygen atoms in total. The molecule has 0 spiro atoms. The molecule has 1 N–H and O–H groups in total. The number of anilines is 1. The lowest BCUT2D eigenvalue weighted by atomic mass is 9.88. The van der Waals surface area contributed by atoms with Crippen molar-refractivity contribution in [1.82, 2.24) is 9.97 Å². The van der Waals surface area contributed by atoms with Gasteiger partial charge in [-0.2, -0.15) is 0 Å². The number of nitrogens with one attached hydrogen (secondary N) is 1. The molecule has 1 rings (SSSR count). The molecule has 0 saturated carbocycles. The van der Waals surface area contributed by atoms with E-state index in [1.54, 1.807) is 13.3 Å². The van der Waals surface area contributed by atoms with Crippen LogP contribution in [0.15, 0.2) is 12.3 Å². The first-order chi connectivity index (χ1) is 7.99. The zero-order valence-electron chi connectivity index (χ0n) is 11.4. The molecule has 0 aromatic carbocycles. The maximum absolute atomic E-state index is 5.51. The summed E-state index contributed by atoms with van der Waals surface area (Å²) in [6.45, 7) is 9.41. The van der Waals surface area contributed by atoms with Crippen LogP contribution in [-0.2, 0) is 4.74 Å². The zero-order chi connectivity index (χ0) is 12.9. The Morgan fingerprint density at radius 2 is 2.12 bits per heavy atom. The van der Waals surface area contributed by atoms with Gasteiger partial charge in [0.2, 0.25) is 0 Å². The lowest BCUT2D eigenvalue weighted by molar-refractivity contribution is 0.00875. The van der Waals surface area contributed by atoms with E-state index in [-0.39, 0.29) is 11.5 Å². The first-order valence-electron chi connectivity index (χ1n) is 6.08. The van der Waals surface area contributed by atoms with Gasteiger partial charge in [-0.1, -0.05) is 27.7 Å². The van der Waals surface area contributed by atoms with Crippen LogP contribution < -0.4 is 5.32 Å². The van der Waals surface area contributed by atoms with Crippen molar-refractivity contribution in [1.29, 1.82) is 0 Å². The lowest BCUT2D eigenvalue weighted by Crippen LogP contribution is -2.22. The summed E-state index contributed by atoms with van der Waals surface area (Å²) in [6, 6.07) is 1.88. The van der Waals surface area contributed by atoms with Crippen LogP contribution in [0.25, 0.3) is 0 Å². The number of hydrogen-bond donors (Lipinski definition) is 1. The number of aromatic nitrogens is 2. The number of nitrogens with zero attached hydrogens (tertiary/aromatic N) is 2. The maximum atomic E-state index is 5.51. The highest BCUT2D eigenvalue weighted by Gasteiger charge is 2.28. The summed E-state index contributed by atoms with van der Waals surface area (Å²) < 4.78 is 5.51. The maximum Gasteiger partial charge on any atom is 0.159 e. The summed E-state index contributed by atoms with van der Waals surface area (Å²) in [7, 11) is 1.70. The molecule has 1 aromatic heterocycles. The van der Waals surface area contributed by atoms with Gasteiger partial charge in [-0.25, -0.2) is 9.97 Å². The molecule has 96 valence electrons. The SMILES string of the molecule is CCCNc1ccnc(C(OC)C(C)(C)C)n1. The van der Waals surface area contributed by atoms with Crippen LogP contribution in [0.1, 0.15) is 46.0 Å². The Bertz CT molecular complexity index is 347. The molecule has 1 unspecified atom stereocenters. The average molecular weight is 237 g/mol. The van der Waals surface area contributed by atoms with Crippen LogP contribution in [0.3, 0.4) is 0 Å². The molecule has 0 radical (unpaired) electrons. The number of ether oxygens (including phenoxy) is 1. The van der Waals surface area contributed by atoms with E-state index in [1.807, 2.05) is 6.07 Å². The molecule has 1 aromatic rings. The van der Waals surface area contributed by atoms with Gasteiger partial charge < -0.3 is 10.1 Å². The molecule has 0 fully saturated rings. The molecule has 0 aliphatic heterocycles. The molecule has 0 bridgehead atoms. The fourth-order valence-electron chi connectivity index (χ4n) is 1.70. The fraction of sp³-hybridized carbons (Fsp3) is 0.692. The van der Waals surface area contributed by atoms with Gasteiger partial charge in [0.15, 0.2) is 5.82 Å². The third-order valence-corrected chi connectivity index (χ3v) is 2.49. The Hall–Kier alpha value is -1.16. The Morgan fingerprint density at radius 3 is 2.65 bits per heavy atom. The number of hydrogen-bond acceptors (Lipinski definition) is 4.